The van der Waals surface area contributed by atoms with Crippen molar-refractivity contribution >= 4 is 11.5 Å². The fourth-order valence-electron chi connectivity index (χ4n) is 1.73. The lowest BCUT2D eigenvalue weighted by molar-refractivity contribution is 0.0988. The molecule has 0 aliphatic heterocycles. The maximum Gasteiger partial charge on any atom is 0.162 e. The molecule has 0 atom stereocenters. The summed E-state index contributed by atoms with van der Waals surface area (Å²) in [6, 6.07) is 9.51. The fraction of sp³-hybridized carbons (Fsp3) is 0.286. The molecule has 0 radical (unpaired) electrons. The number of ketones is 1. The minimum atomic E-state index is 0.179. The van der Waals surface area contributed by atoms with E-state index < -0.39 is 0 Å². The minimum Gasteiger partial charge on any atom is -0.383 e. The van der Waals surface area contributed by atoms with Gasteiger partial charge in [-0.1, -0.05) is 6.92 Å². The molecule has 2 rings (SSSR count). The molecule has 1 heterocycles. The van der Waals surface area contributed by atoms with Crippen molar-refractivity contribution in [1.29, 1.82) is 0 Å². The SMILES string of the molecule is CCC(=O)c1ccc(NCCn2cccn2)cc1. The van der Waals surface area contributed by atoms with Crippen LogP contribution in [0.15, 0.2) is 42.7 Å². The Balaban J connectivity index is 1.85. The average Bonchev–Trinajstić information content (AvgIpc) is 2.92. The molecule has 0 aliphatic rings. The number of rotatable bonds is 6. The van der Waals surface area contributed by atoms with Gasteiger partial charge in [-0.05, 0) is 30.3 Å². The van der Waals surface area contributed by atoms with Gasteiger partial charge in [0, 0.05) is 36.6 Å². The predicted molar refractivity (Wildman–Crippen MR) is 71.8 cm³/mol. The summed E-state index contributed by atoms with van der Waals surface area (Å²) in [6.45, 7) is 3.50. The first-order chi connectivity index (χ1) is 8.79. The minimum absolute atomic E-state index is 0.179. The lowest BCUT2D eigenvalue weighted by Gasteiger charge is -2.07. The Morgan fingerprint density at radius 2 is 2.11 bits per heavy atom. The van der Waals surface area contributed by atoms with Crippen LogP contribution in [0.1, 0.15) is 23.7 Å². The van der Waals surface area contributed by atoms with Crippen LogP contribution in [0.25, 0.3) is 0 Å². The number of benzene rings is 1. The summed E-state index contributed by atoms with van der Waals surface area (Å²) in [5.74, 6) is 0.179. The molecule has 18 heavy (non-hydrogen) atoms. The molecule has 94 valence electrons. The molecule has 1 N–H and O–H groups in total. The van der Waals surface area contributed by atoms with E-state index in [0.29, 0.717) is 6.42 Å². The molecule has 4 nitrogen and oxygen atoms in total. The number of anilines is 1. The van der Waals surface area contributed by atoms with Crippen LogP contribution in [0, 0.1) is 0 Å². The summed E-state index contributed by atoms with van der Waals surface area (Å²) in [7, 11) is 0. The van der Waals surface area contributed by atoms with Crippen molar-refractivity contribution in [3.8, 4) is 0 Å². The molecule has 0 saturated carbocycles. The van der Waals surface area contributed by atoms with Gasteiger partial charge in [-0.25, -0.2) is 0 Å². The second-order valence-corrected chi connectivity index (χ2v) is 4.05. The molecule has 1 aromatic heterocycles. The number of Topliss-reactive ketones (excluding diaryl/α,β-unsaturated/α-hetero) is 1. The first-order valence-electron chi connectivity index (χ1n) is 6.14. The van der Waals surface area contributed by atoms with E-state index >= 15 is 0 Å². The zero-order chi connectivity index (χ0) is 12.8. The van der Waals surface area contributed by atoms with Crippen molar-refractivity contribution in [2.75, 3.05) is 11.9 Å². The van der Waals surface area contributed by atoms with E-state index in [1.165, 1.54) is 0 Å². The topological polar surface area (TPSA) is 46.9 Å². The van der Waals surface area contributed by atoms with Crippen molar-refractivity contribution in [2.24, 2.45) is 0 Å². The van der Waals surface area contributed by atoms with Crippen LogP contribution in [0.4, 0.5) is 5.69 Å². The lowest BCUT2D eigenvalue weighted by Crippen LogP contribution is -2.10. The Bertz CT molecular complexity index is 488. The Labute approximate surface area is 107 Å². The monoisotopic (exact) mass is 243 g/mol. The van der Waals surface area contributed by atoms with Gasteiger partial charge in [0.25, 0.3) is 0 Å². The molecular formula is C14H17N3O. The van der Waals surface area contributed by atoms with Crippen LogP contribution in [-0.4, -0.2) is 22.1 Å². The van der Waals surface area contributed by atoms with Gasteiger partial charge < -0.3 is 5.32 Å². The van der Waals surface area contributed by atoms with E-state index in [1.54, 1.807) is 6.20 Å². The van der Waals surface area contributed by atoms with Crippen LogP contribution in [0.5, 0.6) is 0 Å². The number of carbonyl (C=O) groups is 1. The Hall–Kier alpha value is -2.10. The Kier molecular flexibility index (Phi) is 4.12. The van der Waals surface area contributed by atoms with Crippen LogP contribution in [0.3, 0.4) is 0 Å². The van der Waals surface area contributed by atoms with Gasteiger partial charge >= 0.3 is 0 Å². The third-order valence-electron chi connectivity index (χ3n) is 2.76. The number of aromatic nitrogens is 2. The Morgan fingerprint density at radius 1 is 1.33 bits per heavy atom. The first-order valence-corrected chi connectivity index (χ1v) is 6.14. The zero-order valence-corrected chi connectivity index (χ0v) is 10.5. The van der Waals surface area contributed by atoms with Crippen molar-refractivity contribution in [1.82, 2.24) is 9.78 Å². The third kappa shape index (κ3) is 3.20. The molecule has 0 amide bonds. The number of hydrogen-bond acceptors (Lipinski definition) is 3. The van der Waals surface area contributed by atoms with E-state index in [2.05, 4.69) is 10.4 Å². The molecule has 0 saturated heterocycles. The van der Waals surface area contributed by atoms with E-state index in [-0.39, 0.29) is 5.78 Å². The predicted octanol–water partition coefficient (Wildman–Crippen LogP) is 2.59. The summed E-state index contributed by atoms with van der Waals surface area (Å²) in [5, 5.41) is 7.42. The van der Waals surface area contributed by atoms with E-state index in [9.17, 15) is 4.79 Å². The number of hydrogen-bond donors (Lipinski definition) is 1. The third-order valence-corrected chi connectivity index (χ3v) is 2.76. The molecular weight excluding hydrogens is 226 g/mol. The molecule has 0 aliphatic carbocycles. The van der Waals surface area contributed by atoms with Crippen molar-refractivity contribution in [2.45, 2.75) is 19.9 Å². The molecule has 2 aromatic rings. The first kappa shape index (κ1) is 12.4. The van der Waals surface area contributed by atoms with Crippen molar-refractivity contribution in [3.05, 3.63) is 48.3 Å². The van der Waals surface area contributed by atoms with Gasteiger partial charge in [0.2, 0.25) is 0 Å². The second kappa shape index (κ2) is 6.00. The fourth-order valence-corrected chi connectivity index (χ4v) is 1.73. The van der Waals surface area contributed by atoms with Gasteiger partial charge in [0.1, 0.15) is 0 Å². The van der Waals surface area contributed by atoms with E-state index in [0.717, 1.165) is 24.3 Å². The summed E-state index contributed by atoms with van der Waals surface area (Å²) >= 11 is 0. The highest BCUT2D eigenvalue weighted by Gasteiger charge is 2.01. The highest BCUT2D eigenvalue weighted by Crippen LogP contribution is 2.10. The molecule has 0 bridgehead atoms. The maximum atomic E-state index is 11.5. The van der Waals surface area contributed by atoms with Crippen LogP contribution in [-0.2, 0) is 6.54 Å². The molecule has 0 spiro atoms. The Morgan fingerprint density at radius 3 is 2.72 bits per heavy atom. The number of carbonyl (C=O) groups excluding carboxylic acids is 1. The molecule has 0 unspecified atom stereocenters. The average molecular weight is 243 g/mol. The van der Waals surface area contributed by atoms with Crippen LogP contribution in [0.2, 0.25) is 0 Å². The maximum absolute atomic E-state index is 11.5. The number of nitrogens with one attached hydrogen (secondary N) is 1. The number of nitrogens with zero attached hydrogens (tertiary/aromatic N) is 2. The highest BCUT2D eigenvalue weighted by molar-refractivity contribution is 5.96. The molecule has 0 fully saturated rings. The molecule has 4 heteroatoms. The van der Waals surface area contributed by atoms with Gasteiger partial charge in [-0.3, -0.25) is 9.48 Å². The van der Waals surface area contributed by atoms with E-state index in [1.807, 2.05) is 48.1 Å². The quantitative estimate of drug-likeness (QED) is 0.793. The summed E-state index contributed by atoms with van der Waals surface area (Å²) in [4.78, 5) is 11.5. The summed E-state index contributed by atoms with van der Waals surface area (Å²) in [6.07, 6.45) is 4.25. The van der Waals surface area contributed by atoms with Gasteiger partial charge in [-0.15, -0.1) is 0 Å². The van der Waals surface area contributed by atoms with E-state index in [4.69, 9.17) is 0 Å². The van der Waals surface area contributed by atoms with Gasteiger partial charge in [0.05, 0.1) is 6.54 Å². The summed E-state index contributed by atoms with van der Waals surface area (Å²) < 4.78 is 1.88. The summed E-state index contributed by atoms with van der Waals surface area (Å²) in [5.41, 5.74) is 1.80. The van der Waals surface area contributed by atoms with Gasteiger partial charge in [-0.2, -0.15) is 5.10 Å². The standard InChI is InChI=1S/C14H17N3O/c1-2-14(18)12-4-6-13(7-5-12)15-9-11-17-10-3-8-16-17/h3-8,10,15H,2,9,11H2,1H3. The van der Waals surface area contributed by atoms with Crippen LogP contribution < -0.4 is 5.32 Å². The smallest absolute Gasteiger partial charge is 0.162 e. The highest BCUT2D eigenvalue weighted by atomic mass is 16.1. The van der Waals surface area contributed by atoms with Crippen molar-refractivity contribution < 1.29 is 4.79 Å². The lowest BCUT2D eigenvalue weighted by atomic mass is 10.1. The second-order valence-electron chi connectivity index (χ2n) is 4.05. The van der Waals surface area contributed by atoms with Crippen molar-refractivity contribution in [3.63, 3.8) is 0 Å². The zero-order valence-electron chi connectivity index (χ0n) is 10.5. The van der Waals surface area contributed by atoms with Crippen LogP contribution >= 0.6 is 0 Å². The van der Waals surface area contributed by atoms with Gasteiger partial charge in [0.15, 0.2) is 5.78 Å². The normalized spacial score (nSPS) is 10.3. The largest absolute Gasteiger partial charge is 0.383 e. The molecule has 1 aromatic carbocycles.